The highest BCUT2D eigenvalue weighted by Crippen LogP contribution is 2.58. The predicted octanol–water partition coefficient (Wildman–Crippen LogP) is 4.69. The molecule has 170 valence electrons. The molecule has 4 nitrogen and oxygen atoms in total. The van der Waals surface area contributed by atoms with Crippen LogP contribution < -0.4 is 0 Å². The quantitative estimate of drug-likeness (QED) is 0.585. The molecule has 0 amide bonds. The Morgan fingerprint density at radius 3 is 2.70 bits per heavy atom. The summed E-state index contributed by atoms with van der Waals surface area (Å²) < 4.78 is 6.19. The van der Waals surface area contributed by atoms with E-state index < -0.39 is 17.8 Å². The molecule has 3 aliphatic rings. The van der Waals surface area contributed by atoms with Crippen LogP contribution in [-0.4, -0.2) is 45.8 Å². The van der Waals surface area contributed by atoms with E-state index in [-0.39, 0.29) is 11.5 Å². The summed E-state index contributed by atoms with van der Waals surface area (Å²) in [7, 11) is 0. The molecule has 3 N–H and O–H groups in total. The second-order valence-electron chi connectivity index (χ2n) is 10.8. The minimum atomic E-state index is -0.680. The Balaban J connectivity index is 1.70. The SMILES string of the molecule is C=C1C(=CC=C2CCC[C@@]3(C)C2CC[C@@H]3[C@H](C)OCCC(C)(C)O)C[C@@H](O)C[C@@H]1O. The first kappa shape index (κ1) is 23.7. The van der Waals surface area contributed by atoms with Crippen LogP contribution in [0, 0.1) is 17.3 Å². The van der Waals surface area contributed by atoms with Crippen molar-refractivity contribution in [2.75, 3.05) is 6.61 Å². The minimum Gasteiger partial charge on any atom is -0.393 e. The number of rotatable bonds is 6. The van der Waals surface area contributed by atoms with Crippen LogP contribution >= 0.6 is 0 Å². The topological polar surface area (TPSA) is 69.9 Å². The largest absolute Gasteiger partial charge is 0.393 e. The van der Waals surface area contributed by atoms with Crippen molar-refractivity contribution in [3.05, 3.63) is 35.5 Å². The van der Waals surface area contributed by atoms with E-state index in [1.54, 1.807) is 0 Å². The number of aliphatic hydroxyl groups excluding tert-OH is 2. The predicted molar refractivity (Wildman–Crippen MR) is 121 cm³/mol. The van der Waals surface area contributed by atoms with Gasteiger partial charge in [-0.3, -0.25) is 0 Å². The second kappa shape index (κ2) is 9.28. The van der Waals surface area contributed by atoms with Gasteiger partial charge in [0.15, 0.2) is 0 Å². The fourth-order valence-corrected chi connectivity index (χ4v) is 6.13. The third-order valence-electron chi connectivity index (χ3n) is 7.96. The summed E-state index contributed by atoms with van der Waals surface area (Å²) in [6.45, 7) is 13.0. The number of hydrogen-bond acceptors (Lipinski definition) is 4. The van der Waals surface area contributed by atoms with E-state index >= 15 is 0 Å². The Morgan fingerprint density at radius 1 is 1.27 bits per heavy atom. The molecule has 4 heteroatoms. The molecular weight excluding hydrogens is 376 g/mol. The number of ether oxygens (including phenoxy) is 1. The van der Waals surface area contributed by atoms with Gasteiger partial charge in [0.25, 0.3) is 0 Å². The highest BCUT2D eigenvalue weighted by Gasteiger charge is 2.51. The van der Waals surface area contributed by atoms with Gasteiger partial charge in [0, 0.05) is 13.0 Å². The first-order valence-electron chi connectivity index (χ1n) is 11.8. The molecule has 6 atom stereocenters. The Hall–Kier alpha value is -0.940. The van der Waals surface area contributed by atoms with Crippen molar-refractivity contribution in [3.63, 3.8) is 0 Å². The van der Waals surface area contributed by atoms with Gasteiger partial charge in [0.1, 0.15) is 0 Å². The van der Waals surface area contributed by atoms with Gasteiger partial charge >= 0.3 is 0 Å². The highest BCUT2D eigenvalue weighted by molar-refractivity contribution is 5.38. The maximum atomic E-state index is 10.1. The lowest BCUT2D eigenvalue weighted by Crippen LogP contribution is -2.39. The van der Waals surface area contributed by atoms with Gasteiger partial charge in [-0.05, 0) is 94.1 Å². The van der Waals surface area contributed by atoms with E-state index in [4.69, 9.17) is 4.74 Å². The molecule has 0 radical (unpaired) electrons. The molecule has 0 aliphatic heterocycles. The minimum absolute atomic E-state index is 0.198. The van der Waals surface area contributed by atoms with Crippen LogP contribution in [0.2, 0.25) is 0 Å². The van der Waals surface area contributed by atoms with Crippen molar-refractivity contribution in [1.29, 1.82) is 0 Å². The van der Waals surface area contributed by atoms with Crippen LogP contribution in [-0.2, 0) is 4.74 Å². The summed E-state index contributed by atoms with van der Waals surface area (Å²) >= 11 is 0. The zero-order valence-corrected chi connectivity index (χ0v) is 19.4. The first-order valence-corrected chi connectivity index (χ1v) is 11.8. The monoisotopic (exact) mass is 418 g/mol. The van der Waals surface area contributed by atoms with Crippen LogP contribution in [0.3, 0.4) is 0 Å². The smallest absolute Gasteiger partial charge is 0.0811 e. The van der Waals surface area contributed by atoms with E-state index in [1.165, 1.54) is 31.3 Å². The molecule has 0 spiro atoms. The summed E-state index contributed by atoms with van der Waals surface area (Å²) in [5.74, 6) is 1.11. The van der Waals surface area contributed by atoms with Crippen molar-refractivity contribution < 1.29 is 20.1 Å². The van der Waals surface area contributed by atoms with Gasteiger partial charge in [0.2, 0.25) is 0 Å². The standard InChI is InChI=1S/C26H42O4/c1-17-20(15-21(27)16-24(17)28)9-8-19-7-6-12-26(5)22(10-11-23(19)26)18(2)30-14-13-25(3,4)29/h8-9,18,21-24,27-29H,1,6-7,10-16H2,2-5H3/t18-,21+,22+,23?,24-,26+/m0/s1. The van der Waals surface area contributed by atoms with Crippen molar-refractivity contribution in [2.24, 2.45) is 17.3 Å². The van der Waals surface area contributed by atoms with Gasteiger partial charge in [-0.1, -0.05) is 31.2 Å². The van der Waals surface area contributed by atoms with Crippen molar-refractivity contribution in [1.82, 2.24) is 0 Å². The van der Waals surface area contributed by atoms with E-state index in [0.29, 0.717) is 37.7 Å². The van der Waals surface area contributed by atoms with Crippen molar-refractivity contribution >= 4 is 0 Å². The molecule has 0 aromatic rings. The molecule has 0 aromatic heterocycles. The summed E-state index contributed by atoms with van der Waals surface area (Å²) in [6.07, 6.45) is 11.0. The Bertz CT molecular complexity index is 686. The maximum absolute atomic E-state index is 10.1. The Morgan fingerprint density at radius 2 is 2.00 bits per heavy atom. The molecule has 0 heterocycles. The molecule has 3 fully saturated rings. The average molecular weight is 419 g/mol. The molecule has 30 heavy (non-hydrogen) atoms. The normalized spacial score (nSPS) is 38.8. The Kier molecular flexibility index (Phi) is 7.33. The maximum Gasteiger partial charge on any atom is 0.0811 e. The summed E-state index contributed by atoms with van der Waals surface area (Å²) in [5, 5.41) is 30.1. The molecule has 0 bridgehead atoms. The van der Waals surface area contributed by atoms with Gasteiger partial charge in [-0.25, -0.2) is 0 Å². The fourth-order valence-electron chi connectivity index (χ4n) is 6.13. The van der Waals surface area contributed by atoms with Crippen LogP contribution in [0.25, 0.3) is 0 Å². The second-order valence-corrected chi connectivity index (χ2v) is 10.8. The fraction of sp³-hybridized carbons (Fsp3) is 0.769. The molecule has 3 rings (SSSR count). The van der Waals surface area contributed by atoms with Gasteiger partial charge in [-0.15, -0.1) is 0 Å². The molecule has 1 unspecified atom stereocenters. The van der Waals surface area contributed by atoms with Crippen molar-refractivity contribution in [3.8, 4) is 0 Å². The number of fused-ring (bicyclic) bond motifs is 1. The lowest BCUT2D eigenvalue weighted by molar-refractivity contribution is -0.0454. The molecular formula is C26H42O4. The molecule has 0 aromatic carbocycles. The number of allylic oxidation sites excluding steroid dienone is 3. The molecule has 0 saturated heterocycles. The zero-order chi connectivity index (χ0) is 22.1. The highest BCUT2D eigenvalue weighted by atomic mass is 16.5. The third kappa shape index (κ3) is 5.27. The Labute approximate surface area is 182 Å². The number of aliphatic hydroxyl groups is 3. The van der Waals surface area contributed by atoms with E-state index in [0.717, 1.165) is 17.6 Å². The van der Waals surface area contributed by atoms with Crippen LogP contribution in [0.15, 0.2) is 35.5 Å². The summed E-state index contributed by atoms with van der Waals surface area (Å²) in [6, 6.07) is 0. The van der Waals surface area contributed by atoms with E-state index in [9.17, 15) is 15.3 Å². The molecule has 3 aliphatic carbocycles. The van der Waals surface area contributed by atoms with Crippen LogP contribution in [0.1, 0.15) is 79.1 Å². The zero-order valence-electron chi connectivity index (χ0n) is 19.4. The lowest BCUT2D eigenvalue weighted by Gasteiger charge is -2.44. The number of hydrogen-bond donors (Lipinski definition) is 3. The first-order chi connectivity index (χ1) is 14.0. The van der Waals surface area contributed by atoms with Gasteiger partial charge in [0.05, 0.1) is 23.9 Å². The summed E-state index contributed by atoms with van der Waals surface area (Å²) in [4.78, 5) is 0. The molecule has 3 saturated carbocycles. The lowest BCUT2D eigenvalue weighted by atomic mass is 9.62. The van der Waals surface area contributed by atoms with Gasteiger partial charge < -0.3 is 20.1 Å². The van der Waals surface area contributed by atoms with Gasteiger partial charge in [-0.2, -0.15) is 0 Å². The van der Waals surface area contributed by atoms with Crippen molar-refractivity contribution in [2.45, 2.75) is 103 Å². The summed E-state index contributed by atoms with van der Waals surface area (Å²) in [5.41, 5.74) is 2.82. The third-order valence-corrected chi connectivity index (χ3v) is 7.96. The van der Waals surface area contributed by atoms with Crippen LogP contribution in [0.4, 0.5) is 0 Å². The van der Waals surface area contributed by atoms with E-state index in [2.05, 4.69) is 32.6 Å². The van der Waals surface area contributed by atoms with Crippen LogP contribution in [0.5, 0.6) is 0 Å². The average Bonchev–Trinajstić information content (AvgIpc) is 3.00. The van der Waals surface area contributed by atoms with E-state index in [1.807, 2.05) is 13.8 Å².